The van der Waals surface area contributed by atoms with Crippen molar-refractivity contribution in [3.63, 3.8) is 0 Å². The lowest BCUT2D eigenvalue weighted by molar-refractivity contribution is 0.480. The summed E-state index contributed by atoms with van der Waals surface area (Å²) in [7, 11) is 1.98. The number of nitrogens with zero attached hydrogens (tertiary/aromatic N) is 2. The highest BCUT2D eigenvalue weighted by Crippen LogP contribution is 2.31. The minimum absolute atomic E-state index is 0.525. The van der Waals surface area contributed by atoms with Crippen molar-refractivity contribution in [2.75, 3.05) is 7.05 Å². The number of rotatable bonds is 3. The second-order valence-corrected chi connectivity index (χ2v) is 3.88. The monoisotopic (exact) mass is 189 g/mol. The van der Waals surface area contributed by atoms with Gasteiger partial charge in [-0.3, -0.25) is 10.4 Å². The normalized spacial score (nSPS) is 15.2. The van der Waals surface area contributed by atoms with E-state index in [9.17, 15) is 0 Å². The standard InChI is InChI=1S/C11H15N3/c1-14(11(12)10-4-5-10)8-9-3-2-6-13-7-9/h2-3,6-7,10,12H,4-5,8H2,1H3. The summed E-state index contributed by atoms with van der Waals surface area (Å²) in [4.78, 5) is 6.07. The molecule has 1 N–H and O–H groups in total. The van der Waals surface area contributed by atoms with E-state index >= 15 is 0 Å². The van der Waals surface area contributed by atoms with Crippen molar-refractivity contribution in [3.05, 3.63) is 30.1 Å². The Morgan fingerprint density at radius 3 is 3.00 bits per heavy atom. The van der Waals surface area contributed by atoms with Gasteiger partial charge in [-0.1, -0.05) is 6.07 Å². The zero-order chi connectivity index (χ0) is 9.97. The molecule has 0 unspecified atom stereocenters. The van der Waals surface area contributed by atoms with Crippen molar-refractivity contribution in [2.45, 2.75) is 19.4 Å². The summed E-state index contributed by atoms with van der Waals surface area (Å²) in [6.07, 6.45) is 6.01. The highest BCUT2D eigenvalue weighted by Gasteiger charge is 2.28. The molecule has 3 heteroatoms. The number of hydrogen-bond donors (Lipinski definition) is 1. The van der Waals surface area contributed by atoms with E-state index in [0.717, 1.165) is 12.4 Å². The van der Waals surface area contributed by atoms with Gasteiger partial charge in [0.15, 0.2) is 0 Å². The molecule has 1 heterocycles. The summed E-state index contributed by atoms with van der Waals surface area (Å²) >= 11 is 0. The molecule has 14 heavy (non-hydrogen) atoms. The van der Waals surface area contributed by atoms with Crippen LogP contribution in [0, 0.1) is 11.3 Å². The van der Waals surface area contributed by atoms with Crippen molar-refractivity contribution in [3.8, 4) is 0 Å². The smallest absolute Gasteiger partial charge is 0.0989 e. The van der Waals surface area contributed by atoms with Gasteiger partial charge in [-0.2, -0.15) is 0 Å². The maximum atomic E-state index is 7.87. The molecule has 0 aromatic carbocycles. The van der Waals surface area contributed by atoms with Crippen molar-refractivity contribution in [1.82, 2.24) is 9.88 Å². The summed E-state index contributed by atoms with van der Waals surface area (Å²) in [5.74, 6) is 1.30. The van der Waals surface area contributed by atoms with Gasteiger partial charge in [0, 0.05) is 31.9 Å². The predicted molar refractivity (Wildman–Crippen MR) is 56.2 cm³/mol. The van der Waals surface area contributed by atoms with E-state index in [1.807, 2.05) is 30.3 Å². The molecule has 1 aromatic rings. The van der Waals surface area contributed by atoms with Gasteiger partial charge in [0.25, 0.3) is 0 Å². The van der Waals surface area contributed by atoms with Gasteiger partial charge in [-0.05, 0) is 24.5 Å². The molecule has 1 saturated carbocycles. The van der Waals surface area contributed by atoms with Crippen LogP contribution < -0.4 is 0 Å². The van der Waals surface area contributed by atoms with Crippen LogP contribution in [0.4, 0.5) is 0 Å². The Morgan fingerprint density at radius 2 is 2.43 bits per heavy atom. The Kier molecular flexibility index (Phi) is 2.48. The number of pyridine rings is 1. The van der Waals surface area contributed by atoms with Crippen LogP contribution in [0.25, 0.3) is 0 Å². The van der Waals surface area contributed by atoms with E-state index < -0.39 is 0 Å². The maximum absolute atomic E-state index is 7.87. The molecule has 0 atom stereocenters. The second-order valence-electron chi connectivity index (χ2n) is 3.88. The van der Waals surface area contributed by atoms with Crippen LogP contribution in [0.2, 0.25) is 0 Å². The maximum Gasteiger partial charge on any atom is 0.0989 e. The topological polar surface area (TPSA) is 40.0 Å². The lowest BCUT2D eigenvalue weighted by atomic mass is 10.2. The van der Waals surface area contributed by atoms with E-state index in [0.29, 0.717) is 5.92 Å². The molecule has 0 saturated heterocycles. The van der Waals surface area contributed by atoms with E-state index in [1.165, 1.54) is 18.4 Å². The van der Waals surface area contributed by atoms with Crippen LogP contribution in [0.3, 0.4) is 0 Å². The first kappa shape index (κ1) is 9.19. The number of aromatic nitrogens is 1. The van der Waals surface area contributed by atoms with Crippen molar-refractivity contribution in [2.24, 2.45) is 5.92 Å². The average Bonchev–Trinajstić information content (AvgIpc) is 3.01. The van der Waals surface area contributed by atoms with Crippen LogP contribution in [0.1, 0.15) is 18.4 Å². The summed E-state index contributed by atoms with van der Waals surface area (Å²) in [5, 5.41) is 7.87. The SMILES string of the molecule is CN(Cc1cccnc1)C(=N)C1CC1. The quantitative estimate of drug-likeness (QED) is 0.582. The first-order valence-electron chi connectivity index (χ1n) is 4.96. The average molecular weight is 189 g/mol. The van der Waals surface area contributed by atoms with Gasteiger partial charge in [0.1, 0.15) is 0 Å². The summed E-state index contributed by atoms with van der Waals surface area (Å²) < 4.78 is 0. The van der Waals surface area contributed by atoms with Crippen molar-refractivity contribution < 1.29 is 0 Å². The Balaban J connectivity index is 1.93. The van der Waals surface area contributed by atoms with Gasteiger partial charge < -0.3 is 4.90 Å². The molecule has 2 rings (SSSR count). The van der Waals surface area contributed by atoms with Gasteiger partial charge in [-0.15, -0.1) is 0 Å². The first-order chi connectivity index (χ1) is 6.77. The molecule has 1 fully saturated rings. The van der Waals surface area contributed by atoms with E-state index in [-0.39, 0.29) is 0 Å². The number of amidine groups is 1. The molecule has 0 aliphatic heterocycles. The van der Waals surface area contributed by atoms with E-state index in [1.54, 1.807) is 6.20 Å². The molecule has 0 radical (unpaired) electrons. The van der Waals surface area contributed by atoms with Gasteiger partial charge in [0.05, 0.1) is 5.84 Å². The first-order valence-corrected chi connectivity index (χ1v) is 4.96. The fourth-order valence-corrected chi connectivity index (χ4v) is 1.52. The molecule has 0 amide bonds. The van der Waals surface area contributed by atoms with Gasteiger partial charge in [-0.25, -0.2) is 0 Å². The van der Waals surface area contributed by atoms with Crippen molar-refractivity contribution in [1.29, 1.82) is 5.41 Å². The van der Waals surface area contributed by atoms with Gasteiger partial charge in [0.2, 0.25) is 0 Å². The summed E-state index contributed by atoms with van der Waals surface area (Å²) in [6, 6.07) is 3.98. The fourth-order valence-electron chi connectivity index (χ4n) is 1.52. The van der Waals surface area contributed by atoms with Gasteiger partial charge >= 0.3 is 0 Å². The van der Waals surface area contributed by atoms with Crippen LogP contribution in [-0.4, -0.2) is 22.8 Å². The largest absolute Gasteiger partial charge is 0.359 e. The molecule has 1 aromatic heterocycles. The lowest BCUT2D eigenvalue weighted by Gasteiger charge is -2.19. The Labute approximate surface area is 84.3 Å². The summed E-state index contributed by atoms with van der Waals surface area (Å²) in [6.45, 7) is 0.795. The molecule has 1 aliphatic rings. The zero-order valence-corrected chi connectivity index (χ0v) is 8.40. The third kappa shape index (κ3) is 2.10. The predicted octanol–water partition coefficient (Wildman–Crippen LogP) is 1.90. The second kappa shape index (κ2) is 3.78. The zero-order valence-electron chi connectivity index (χ0n) is 8.40. The molecular formula is C11H15N3. The lowest BCUT2D eigenvalue weighted by Crippen LogP contribution is -2.26. The Hall–Kier alpha value is -1.38. The molecule has 3 nitrogen and oxygen atoms in total. The van der Waals surface area contributed by atoms with Crippen molar-refractivity contribution >= 4 is 5.84 Å². The number of hydrogen-bond acceptors (Lipinski definition) is 2. The molecule has 0 bridgehead atoms. The highest BCUT2D eigenvalue weighted by atomic mass is 15.1. The summed E-state index contributed by atoms with van der Waals surface area (Å²) in [5.41, 5.74) is 1.17. The van der Waals surface area contributed by atoms with Crippen LogP contribution in [0.15, 0.2) is 24.5 Å². The Morgan fingerprint density at radius 1 is 1.64 bits per heavy atom. The van der Waals surface area contributed by atoms with Crippen LogP contribution in [-0.2, 0) is 6.54 Å². The molecule has 1 aliphatic carbocycles. The Bertz CT molecular complexity index is 317. The van der Waals surface area contributed by atoms with E-state index in [4.69, 9.17) is 5.41 Å². The highest BCUT2D eigenvalue weighted by molar-refractivity contribution is 5.83. The number of nitrogens with one attached hydrogen (secondary N) is 1. The third-order valence-electron chi connectivity index (χ3n) is 2.52. The molecular weight excluding hydrogens is 174 g/mol. The fraction of sp³-hybridized carbons (Fsp3) is 0.455. The van der Waals surface area contributed by atoms with E-state index in [2.05, 4.69) is 4.98 Å². The molecule has 74 valence electrons. The molecule has 0 spiro atoms. The minimum atomic E-state index is 0.525. The van der Waals surface area contributed by atoms with Crippen LogP contribution >= 0.6 is 0 Å². The minimum Gasteiger partial charge on any atom is -0.359 e. The van der Waals surface area contributed by atoms with Crippen LogP contribution in [0.5, 0.6) is 0 Å². The third-order valence-corrected chi connectivity index (χ3v) is 2.52.